The third-order valence-electron chi connectivity index (χ3n) is 5.36. The Morgan fingerprint density at radius 1 is 1.16 bits per heavy atom. The van der Waals surface area contributed by atoms with Crippen molar-refractivity contribution in [3.8, 4) is 23.1 Å². The van der Waals surface area contributed by atoms with E-state index in [1.165, 1.54) is 0 Å². The van der Waals surface area contributed by atoms with Gasteiger partial charge in [-0.3, -0.25) is 9.80 Å². The van der Waals surface area contributed by atoms with Gasteiger partial charge in [-0.2, -0.15) is 4.98 Å². The van der Waals surface area contributed by atoms with Crippen molar-refractivity contribution in [2.45, 2.75) is 26.0 Å². The number of ether oxygens (including phenoxy) is 2. The molecule has 1 saturated heterocycles. The van der Waals surface area contributed by atoms with Gasteiger partial charge >= 0.3 is 0 Å². The Kier molecular flexibility index (Phi) is 7.69. The first kappa shape index (κ1) is 22.7. The molecular formula is C22H29N5O4S. The fourth-order valence-electron chi connectivity index (χ4n) is 3.63. The summed E-state index contributed by atoms with van der Waals surface area (Å²) in [6.07, 6.45) is 0.348. The van der Waals surface area contributed by atoms with Crippen LogP contribution >= 0.6 is 11.3 Å². The predicted octanol–water partition coefficient (Wildman–Crippen LogP) is 2.32. The average molecular weight is 460 g/mol. The van der Waals surface area contributed by atoms with E-state index in [1.54, 1.807) is 18.4 Å². The number of aliphatic hydroxyl groups is 1. The van der Waals surface area contributed by atoms with E-state index in [2.05, 4.69) is 31.8 Å². The van der Waals surface area contributed by atoms with E-state index < -0.39 is 6.10 Å². The average Bonchev–Trinajstić information content (AvgIpc) is 3.48. The van der Waals surface area contributed by atoms with Crippen LogP contribution in [0.5, 0.6) is 11.6 Å². The molecule has 4 rings (SSSR count). The minimum atomic E-state index is -0.547. The van der Waals surface area contributed by atoms with Gasteiger partial charge in [-0.1, -0.05) is 24.2 Å². The van der Waals surface area contributed by atoms with Gasteiger partial charge in [-0.05, 0) is 18.6 Å². The molecule has 1 atom stereocenters. The largest absolute Gasteiger partial charge is 0.496 e. The number of thiazole rings is 1. The molecule has 10 heteroatoms. The van der Waals surface area contributed by atoms with Gasteiger partial charge in [-0.15, -0.1) is 11.3 Å². The van der Waals surface area contributed by atoms with Crippen LogP contribution in [-0.4, -0.2) is 82.6 Å². The number of hydrogen-bond donors (Lipinski definition) is 1. The normalized spacial score (nSPS) is 16.2. The highest BCUT2D eigenvalue weighted by atomic mass is 32.1. The molecule has 0 spiro atoms. The molecule has 9 nitrogen and oxygen atoms in total. The van der Waals surface area contributed by atoms with Crippen molar-refractivity contribution in [1.82, 2.24) is 24.9 Å². The zero-order chi connectivity index (χ0) is 22.3. The number of aliphatic hydroxyl groups excluding tert-OH is 1. The Labute approximate surface area is 191 Å². The van der Waals surface area contributed by atoms with E-state index in [9.17, 15) is 5.11 Å². The van der Waals surface area contributed by atoms with Crippen LogP contribution in [0.25, 0.3) is 11.5 Å². The van der Waals surface area contributed by atoms with E-state index >= 15 is 0 Å². The summed E-state index contributed by atoms with van der Waals surface area (Å²) < 4.78 is 16.4. The van der Waals surface area contributed by atoms with Crippen molar-refractivity contribution in [3.63, 3.8) is 0 Å². The summed E-state index contributed by atoms with van der Waals surface area (Å²) in [6, 6.07) is 7.60. The number of hydrogen-bond acceptors (Lipinski definition) is 10. The molecule has 0 unspecified atom stereocenters. The van der Waals surface area contributed by atoms with Crippen LogP contribution < -0.4 is 9.47 Å². The van der Waals surface area contributed by atoms with Gasteiger partial charge in [0.25, 0.3) is 5.89 Å². The summed E-state index contributed by atoms with van der Waals surface area (Å²) >= 11 is 1.58. The minimum Gasteiger partial charge on any atom is -0.496 e. The zero-order valence-corrected chi connectivity index (χ0v) is 19.3. The van der Waals surface area contributed by atoms with Crippen molar-refractivity contribution in [2.75, 3.05) is 46.4 Å². The molecule has 0 aliphatic carbocycles. The van der Waals surface area contributed by atoms with Crippen LogP contribution in [0.1, 0.15) is 17.8 Å². The molecule has 2 aromatic heterocycles. The number of β-amino-alcohol motifs (C(OH)–C–C–N with tert-alkyl or cyclic N) is 1. The molecular weight excluding hydrogens is 430 g/mol. The second-order valence-electron chi connectivity index (χ2n) is 7.69. The van der Waals surface area contributed by atoms with E-state index in [4.69, 9.17) is 14.0 Å². The van der Waals surface area contributed by atoms with Gasteiger partial charge in [0.15, 0.2) is 5.82 Å². The van der Waals surface area contributed by atoms with Crippen LogP contribution in [0.4, 0.5) is 0 Å². The van der Waals surface area contributed by atoms with Gasteiger partial charge in [0.2, 0.25) is 5.88 Å². The number of nitrogens with zero attached hydrogens (tertiary/aromatic N) is 5. The second kappa shape index (κ2) is 10.9. The molecule has 3 aromatic rings. The van der Waals surface area contributed by atoms with Gasteiger partial charge in [0.1, 0.15) is 18.5 Å². The maximum absolute atomic E-state index is 10.3. The number of para-hydroxylation sites is 1. The third-order valence-corrected chi connectivity index (χ3v) is 6.33. The molecule has 0 amide bonds. The Balaban J connectivity index is 1.21. The lowest BCUT2D eigenvalue weighted by Crippen LogP contribution is -2.48. The lowest BCUT2D eigenvalue weighted by atomic mass is 10.2. The molecule has 1 fully saturated rings. The highest BCUT2D eigenvalue weighted by Gasteiger charge is 2.22. The van der Waals surface area contributed by atoms with Gasteiger partial charge in [0.05, 0.1) is 29.6 Å². The SMILES string of the molecule is CCc1nc(OC[C@@H](O)CN2CCN(Cc3noc(-c4ccccc4OC)n3)CC2)cs1. The van der Waals surface area contributed by atoms with Crippen LogP contribution in [0, 0.1) is 0 Å². The molecule has 1 aromatic carbocycles. The summed E-state index contributed by atoms with van der Waals surface area (Å²) in [7, 11) is 1.62. The third kappa shape index (κ3) is 5.83. The quantitative estimate of drug-likeness (QED) is 0.490. The Bertz CT molecular complexity index is 986. The van der Waals surface area contributed by atoms with Crippen molar-refractivity contribution in [1.29, 1.82) is 0 Å². The predicted molar refractivity (Wildman–Crippen MR) is 121 cm³/mol. The minimum absolute atomic E-state index is 0.252. The lowest BCUT2D eigenvalue weighted by molar-refractivity contribution is 0.0431. The number of aryl methyl sites for hydroxylation is 1. The Morgan fingerprint density at radius 3 is 2.69 bits per heavy atom. The first-order chi connectivity index (χ1) is 15.6. The summed E-state index contributed by atoms with van der Waals surface area (Å²) in [5.41, 5.74) is 0.790. The molecule has 172 valence electrons. The number of aromatic nitrogens is 3. The van der Waals surface area contributed by atoms with Gasteiger partial charge in [0, 0.05) is 32.7 Å². The zero-order valence-electron chi connectivity index (χ0n) is 18.4. The van der Waals surface area contributed by atoms with Crippen molar-refractivity contribution in [2.24, 2.45) is 0 Å². The topological polar surface area (TPSA) is 97.0 Å². The van der Waals surface area contributed by atoms with Crippen LogP contribution in [-0.2, 0) is 13.0 Å². The van der Waals surface area contributed by atoms with Gasteiger partial charge in [-0.25, -0.2) is 4.98 Å². The summed E-state index contributed by atoms with van der Waals surface area (Å²) in [6.45, 7) is 7.00. The van der Waals surface area contributed by atoms with Crippen LogP contribution in [0.15, 0.2) is 34.2 Å². The van der Waals surface area contributed by atoms with Gasteiger partial charge < -0.3 is 19.1 Å². The molecule has 32 heavy (non-hydrogen) atoms. The molecule has 1 aliphatic rings. The van der Waals surface area contributed by atoms with Crippen LogP contribution in [0.2, 0.25) is 0 Å². The molecule has 0 saturated carbocycles. The van der Waals surface area contributed by atoms with E-state index in [0.717, 1.165) is 43.2 Å². The lowest BCUT2D eigenvalue weighted by Gasteiger charge is -2.34. The van der Waals surface area contributed by atoms with Crippen LogP contribution in [0.3, 0.4) is 0 Å². The molecule has 0 bridgehead atoms. The van der Waals surface area contributed by atoms with E-state index in [0.29, 0.717) is 36.4 Å². The Morgan fingerprint density at radius 2 is 1.94 bits per heavy atom. The number of methoxy groups -OCH3 is 1. The van der Waals surface area contributed by atoms with Crippen molar-refractivity contribution >= 4 is 11.3 Å². The van der Waals surface area contributed by atoms with E-state index in [1.807, 2.05) is 29.6 Å². The fourth-order valence-corrected chi connectivity index (χ4v) is 4.30. The first-order valence-electron chi connectivity index (χ1n) is 10.8. The summed E-state index contributed by atoms with van der Waals surface area (Å²) in [5, 5.41) is 17.4. The molecule has 1 N–H and O–H groups in total. The molecule has 1 aliphatic heterocycles. The highest BCUT2D eigenvalue weighted by molar-refractivity contribution is 7.09. The number of piperazine rings is 1. The molecule has 3 heterocycles. The summed E-state index contributed by atoms with van der Waals surface area (Å²) in [5.74, 6) is 2.43. The first-order valence-corrected chi connectivity index (χ1v) is 11.7. The maximum atomic E-state index is 10.3. The standard InChI is InChI=1S/C22H29N5O4S/c1-3-21-24-20(15-32-21)30-14-16(28)12-26-8-10-27(11-9-26)13-19-23-22(31-25-19)17-6-4-5-7-18(17)29-2/h4-7,15-16,28H,3,8-14H2,1-2H3/t16-/m0/s1. The summed E-state index contributed by atoms with van der Waals surface area (Å²) in [4.78, 5) is 13.4. The smallest absolute Gasteiger partial charge is 0.261 e. The highest BCUT2D eigenvalue weighted by Crippen LogP contribution is 2.28. The fraction of sp³-hybridized carbons (Fsp3) is 0.500. The Hall–Kier alpha value is -2.53. The van der Waals surface area contributed by atoms with E-state index in [-0.39, 0.29) is 6.61 Å². The molecule has 0 radical (unpaired) electrons. The maximum Gasteiger partial charge on any atom is 0.261 e. The monoisotopic (exact) mass is 459 g/mol. The number of rotatable bonds is 10. The van der Waals surface area contributed by atoms with Crippen molar-refractivity contribution < 1.29 is 19.1 Å². The van der Waals surface area contributed by atoms with Crippen molar-refractivity contribution in [3.05, 3.63) is 40.5 Å². The number of benzene rings is 1. The second-order valence-corrected chi connectivity index (χ2v) is 8.63.